The van der Waals surface area contributed by atoms with Crippen molar-refractivity contribution in [3.63, 3.8) is 0 Å². The topological polar surface area (TPSA) is 82.7 Å². The number of rotatable bonds is 6. The Bertz CT molecular complexity index is 357. The molecule has 1 heterocycles. The molecule has 0 saturated heterocycles. The first kappa shape index (κ1) is 12.6. The Kier molecular flexibility index (Phi) is 3.95. The Balaban J connectivity index is 2.51. The Morgan fingerprint density at radius 3 is 2.75 bits per heavy atom. The van der Waals surface area contributed by atoms with Gasteiger partial charge in [0.25, 0.3) is 0 Å². The Hall–Kier alpha value is -1.49. The van der Waals surface area contributed by atoms with Crippen molar-refractivity contribution in [3.8, 4) is 0 Å². The molecule has 3 N–H and O–H groups in total. The third-order valence-corrected chi connectivity index (χ3v) is 2.25. The third-order valence-electron chi connectivity index (χ3n) is 2.25. The monoisotopic (exact) mass is 227 g/mol. The predicted octanol–water partition coefficient (Wildman–Crippen LogP) is 1.94. The summed E-state index contributed by atoms with van der Waals surface area (Å²) < 4.78 is 5.00. The minimum Gasteiger partial charge on any atom is -0.475 e. The lowest BCUT2D eigenvalue weighted by molar-refractivity contribution is 0.0631. The van der Waals surface area contributed by atoms with Crippen LogP contribution in [0.2, 0.25) is 0 Å². The third kappa shape index (κ3) is 3.58. The summed E-state index contributed by atoms with van der Waals surface area (Å²) >= 11 is 0. The van der Waals surface area contributed by atoms with Gasteiger partial charge in [-0.2, -0.15) is 0 Å². The normalized spacial score (nSPS) is 14.4. The standard InChI is InChI=1S/C11H17NO4/c1-3-6-11(2,15)7-12-9-5-4-8(16-9)10(13)14/h4-5,12,15H,3,6-7H2,1-2H3,(H,13,14). The Labute approximate surface area is 94.1 Å². The van der Waals surface area contributed by atoms with Crippen LogP contribution in [0.3, 0.4) is 0 Å². The van der Waals surface area contributed by atoms with E-state index >= 15 is 0 Å². The van der Waals surface area contributed by atoms with Gasteiger partial charge in [0, 0.05) is 12.6 Å². The largest absolute Gasteiger partial charge is 0.475 e. The van der Waals surface area contributed by atoms with E-state index < -0.39 is 11.6 Å². The van der Waals surface area contributed by atoms with Gasteiger partial charge in [0.2, 0.25) is 5.76 Å². The van der Waals surface area contributed by atoms with E-state index in [-0.39, 0.29) is 5.76 Å². The number of nitrogens with one attached hydrogen (secondary N) is 1. The number of carbonyl (C=O) groups is 1. The lowest BCUT2D eigenvalue weighted by atomic mass is 10.0. The zero-order valence-electron chi connectivity index (χ0n) is 9.49. The van der Waals surface area contributed by atoms with Gasteiger partial charge in [-0.15, -0.1) is 0 Å². The highest BCUT2D eigenvalue weighted by molar-refractivity contribution is 5.84. The molecular formula is C11H17NO4. The first-order valence-electron chi connectivity index (χ1n) is 5.24. The molecule has 0 aliphatic carbocycles. The van der Waals surface area contributed by atoms with Crippen LogP contribution in [0.15, 0.2) is 16.5 Å². The van der Waals surface area contributed by atoms with Gasteiger partial charge in [0.15, 0.2) is 5.88 Å². The first-order valence-corrected chi connectivity index (χ1v) is 5.24. The van der Waals surface area contributed by atoms with Crippen LogP contribution in [-0.2, 0) is 0 Å². The Morgan fingerprint density at radius 1 is 1.56 bits per heavy atom. The van der Waals surface area contributed by atoms with Crippen molar-refractivity contribution in [1.82, 2.24) is 0 Å². The van der Waals surface area contributed by atoms with Crippen LogP contribution in [0.5, 0.6) is 0 Å². The average Bonchev–Trinajstić information content (AvgIpc) is 2.63. The fraction of sp³-hybridized carbons (Fsp3) is 0.545. The van der Waals surface area contributed by atoms with E-state index in [2.05, 4.69) is 5.32 Å². The molecule has 0 aliphatic heterocycles. The molecule has 0 fully saturated rings. The zero-order valence-corrected chi connectivity index (χ0v) is 9.49. The van der Waals surface area contributed by atoms with Gasteiger partial charge in [-0.05, 0) is 19.4 Å². The van der Waals surface area contributed by atoms with Crippen molar-refractivity contribution in [3.05, 3.63) is 17.9 Å². The lowest BCUT2D eigenvalue weighted by Gasteiger charge is -2.22. The van der Waals surface area contributed by atoms with Gasteiger partial charge < -0.3 is 19.9 Å². The highest BCUT2D eigenvalue weighted by Crippen LogP contribution is 2.16. The van der Waals surface area contributed by atoms with Gasteiger partial charge in [-0.3, -0.25) is 0 Å². The predicted molar refractivity (Wildman–Crippen MR) is 59.7 cm³/mol. The number of carboxylic acid groups (broad SMARTS) is 1. The molecule has 1 aromatic heterocycles. The van der Waals surface area contributed by atoms with E-state index in [1.54, 1.807) is 6.92 Å². The Morgan fingerprint density at radius 2 is 2.25 bits per heavy atom. The van der Waals surface area contributed by atoms with E-state index in [9.17, 15) is 9.90 Å². The molecule has 0 saturated carbocycles. The van der Waals surface area contributed by atoms with Gasteiger partial charge >= 0.3 is 5.97 Å². The van der Waals surface area contributed by atoms with Crippen LogP contribution in [0.4, 0.5) is 5.88 Å². The van der Waals surface area contributed by atoms with Crippen LogP contribution in [0, 0.1) is 0 Å². The van der Waals surface area contributed by atoms with Crippen molar-refractivity contribution in [2.45, 2.75) is 32.3 Å². The second-order valence-corrected chi connectivity index (χ2v) is 4.07. The maximum atomic E-state index is 10.5. The fourth-order valence-corrected chi connectivity index (χ4v) is 1.45. The molecule has 5 heteroatoms. The highest BCUT2D eigenvalue weighted by atomic mass is 16.4. The second kappa shape index (κ2) is 5.03. The van der Waals surface area contributed by atoms with Crippen molar-refractivity contribution >= 4 is 11.9 Å². The van der Waals surface area contributed by atoms with E-state index in [1.807, 2.05) is 6.92 Å². The summed E-state index contributed by atoms with van der Waals surface area (Å²) in [5, 5.41) is 21.4. The van der Waals surface area contributed by atoms with Crippen LogP contribution >= 0.6 is 0 Å². The van der Waals surface area contributed by atoms with Crippen LogP contribution < -0.4 is 5.32 Å². The minimum atomic E-state index is -1.10. The summed E-state index contributed by atoms with van der Waals surface area (Å²) in [5.41, 5.74) is -0.815. The molecular weight excluding hydrogens is 210 g/mol. The molecule has 1 atom stereocenters. The molecule has 0 aliphatic rings. The number of aromatic carboxylic acids is 1. The molecule has 0 radical (unpaired) electrons. The van der Waals surface area contributed by atoms with E-state index in [0.717, 1.165) is 6.42 Å². The molecule has 0 amide bonds. The maximum absolute atomic E-state index is 10.5. The molecule has 1 unspecified atom stereocenters. The molecule has 90 valence electrons. The van der Waals surface area contributed by atoms with Crippen LogP contribution in [-0.4, -0.2) is 28.3 Å². The van der Waals surface area contributed by atoms with Gasteiger partial charge in [-0.1, -0.05) is 13.3 Å². The molecule has 0 bridgehead atoms. The summed E-state index contributed by atoms with van der Waals surface area (Å²) in [5.74, 6) is -0.861. The lowest BCUT2D eigenvalue weighted by Crippen LogP contribution is -2.33. The van der Waals surface area contributed by atoms with Crippen molar-refractivity contribution in [1.29, 1.82) is 0 Å². The minimum absolute atomic E-state index is 0.113. The molecule has 1 rings (SSSR count). The molecule has 0 spiro atoms. The highest BCUT2D eigenvalue weighted by Gasteiger charge is 2.19. The van der Waals surface area contributed by atoms with Gasteiger partial charge in [0.1, 0.15) is 0 Å². The maximum Gasteiger partial charge on any atom is 0.371 e. The summed E-state index contributed by atoms with van der Waals surface area (Å²) in [4.78, 5) is 10.5. The van der Waals surface area contributed by atoms with Gasteiger partial charge in [-0.25, -0.2) is 4.79 Å². The SMILES string of the molecule is CCCC(C)(O)CNc1ccc(C(=O)O)o1. The number of carboxylic acids is 1. The molecule has 0 aromatic carbocycles. The smallest absolute Gasteiger partial charge is 0.371 e. The number of aliphatic hydroxyl groups is 1. The number of hydrogen-bond acceptors (Lipinski definition) is 4. The zero-order chi connectivity index (χ0) is 12.2. The van der Waals surface area contributed by atoms with E-state index in [4.69, 9.17) is 9.52 Å². The summed E-state index contributed by atoms with van der Waals surface area (Å²) in [6, 6.07) is 2.91. The van der Waals surface area contributed by atoms with Crippen molar-refractivity contribution in [2.24, 2.45) is 0 Å². The van der Waals surface area contributed by atoms with Crippen LogP contribution in [0.25, 0.3) is 0 Å². The summed E-state index contributed by atoms with van der Waals surface area (Å²) in [7, 11) is 0. The number of hydrogen-bond donors (Lipinski definition) is 3. The quantitative estimate of drug-likeness (QED) is 0.691. The summed E-state index contributed by atoms with van der Waals surface area (Å²) in [6.45, 7) is 4.04. The second-order valence-electron chi connectivity index (χ2n) is 4.07. The van der Waals surface area contributed by atoms with E-state index in [1.165, 1.54) is 12.1 Å². The molecule has 16 heavy (non-hydrogen) atoms. The number of anilines is 1. The molecule has 1 aromatic rings. The van der Waals surface area contributed by atoms with Gasteiger partial charge in [0.05, 0.1) is 5.60 Å². The number of furan rings is 1. The fourth-order valence-electron chi connectivity index (χ4n) is 1.45. The van der Waals surface area contributed by atoms with E-state index in [0.29, 0.717) is 18.8 Å². The van der Waals surface area contributed by atoms with Crippen molar-refractivity contribution in [2.75, 3.05) is 11.9 Å². The van der Waals surface area contributed by atoms with Crippen LogP contribution in [0.1, 0.15) is 37.2 Å². The average molecular weight is 227 g/mol. The molecule has 5 nitrogen and oxygen atoms in total. The first-order chi connectivity index (χ1) is 7.44. The van der Waals surface area contributed by atoms with Crippen molar-refractivity contribution < 1.29 is 19.4 Å². The summed E-state index contributed by atoms with van der Waals surface area (Å²) in [6.07, 6.45) is 1.56.